The first-order valence-electron chi connectivity index (χ1n) is 7.54. The SMILES string of the molecule is CCNC(=O)c1ccc(CNC(=NC)NCC2CC2)cc1.I. The summed E-state index contributed by atoms with van der Waals surface area (Å²) in [5.74, 6) is 1.62. The third-order valence-corrected chi connectivity index (χ3v) is 3.49. The molecule has 6 heteroatoms. The predicted octanol–water partition coefficient (Wildman–Crippen LogP) is 2.13. The number of carbonyl (C=O) groups is 1. The van der Waals surface area contributed by atoms with Crippen LogP contribution in [0.15, 0.2) is 29.3 Å². The van der Waals surface area contributed by atoms with Crippen LogP contribution < -0.4 is 16.0 Å². The second-order valence-electron chi connectivity index (χ2n) is 5.31. The smallest absolute Gasteiger partial charge is 0.251 e. The Hall–Kier alpha value is -1.31. The van der Waals surface area contributed by atoms with Gasteiger partial charge in [0.15, 0.2) is 5.96 Å². The molecule has 1 amide bonds. The predicted molar refractivity (Wildman–Crippen MR) is 101 cm³/mol. The molecule has 122 valence electrons. The lowest BCUT2D eigenvalue weighted by molar-refractivity contribution is 0.0956. The Labute approximate surface area is 149 Å². The van der Waals surface area contributed by atoms with E-state index in [0.717, 1.165) is 24.0 Å². The van der Waals surface area contributed by atoms with Crippen LogP contribution in [0, 0.1) is 5.92 Å². The van der Waals surface area contributed by atoms with Crippen LogP contribution in [0.1, 0.15) is 35.7 Å². The number of hydrogen-bond donors (Lipinski definition) is 3. The number of carbonyl (C=O) groups excluding carboxylic acids is 1. The van der Waals surface area contributed by atoms with E-state index >= 15 is 0 Å². The van der Waals surface area contributed by atoms with Crippen LogP contribution in [0.2, 0.25) is 0 Å². The molecule has 0 saturated heterocycles. The first-order valence-corrected chi connectivity index (χ1v) is 7.54. The van der Waals surface area contributed by atoms with Gasteiger partial charge in [-0.1, -0.05) is 12.1 Å². The van der Waals surface area contributed by atoms with Crippen molar-refractivity contribution >= 4 is 35.8 Å². The molecule has 0 unspecified atom stereocenters. The van der Waals surface area contributed by atoms with Gasteiger partial charge in [-0.2, -0.15) is 0 Å². The second-order valence-corrected chi connectivity index (χ2v) is 5.31. The number of guanidine groups is 1. The van der Waals surface area contributed by atoms with Crippen molar-refractivity contribution in [1.29, 1.82) is 0 Å². The number of aliphatic imine (C=N–C) groups is 1. The van der Waals surface area contributed by atoms with Crippen molar-refractivity contribution in [3.63, 3.8) is 0 Å². The highest BCUT2D eigenvalue weighted by molar-refractivity contribution is 14.0. The first-order chi connectivity index (χ1) is 10.2. The van der Waals surface area contributed by atoms with E-state index in [-0.39, 0.29) is 29.9 Å². The summed E-state index contributed by atoms with van der Waals surface area (Å²) in [6.45, 7) is 4.25. The minimum atomic E-state index is -0.0288. The quantitative estimate of drug-likeness (QED) is 0.378. The van der Waals surface area contributed by atoms with Gasteiger partial charge in [-0.05, 0) is 43.4 Å². The van der Waals surface area contributed by atoms with Gasteiger partial charge in [-0.25, -0.2) is 0 Å². The van der Waals surface area contributed by atoms with Crippen molar-refractivity contribution in [2.75, 3.05) is 20.1 Å². The summed E-state index contributed by atoms with van der Waals surface area (Å²) in [6, 6.07) is 7.63. The lowest BCUT2D eigenvalue weighted by Gasteiger charge is -2.11. The third kappa shape index (κ3) is 6.21. The molecule has 1 aliphatic rings. The number of halogens is 1. The Bertz CT molecular complexity index is 497. The Morgan fingerprint density at radius 3 is 2.41 bits per heavy atom. The summed E-state index contributed by atoms with van der Waals surface area (Å²) < 4.78 is 0. The van der Waals surface area contributed by atoms with Crippen LogP contribution in [0.4, 0.5) is 0 Å². The van der Waals surface area contributed by atoms with Gasteiger partial charge in [0.25, 0.3) is 5.91 Å². The zero-order valence-corrected chi connectivity index (χ0v) is 15.5. The van der Waals surface area contributed by atoms with E-state index in [1.54, 1.807) is 7.05 Å². The van der Waals surface area contributed by atoms with E-state index in [1.807, 2.05) is 31.2 Å². The van der Waals surface area contributed by atoms with Crippen LogP contribution >= 0.6 is 24.0 Å². The van der Waals surface area contributed by atoms with Crippen molar-refractivity contribution < 1.29 is 4.79 Å². The van der Waals surface area contributed by atoms with Gasteiger partial charge >= 0.3 is 0 Å². The highest BCUT2D eigenvalue weighted by atomic mass is 127. The fourth-order valence-corrected chi connectivity index (χ4v) is 2.01. The zero-order valence-electron chi connectivity index (χ0n) is 13.2. The standard InChI is InChI=1S/C16H24N4O.HI/c1-3-18-15(21)14-8-6-13(7-9-14)11-20-16(17-2)19-10-12-4-5-12;/h6-9,12H,3-5,10-11H2,1-2H3,(H,18,21)(H2,17,19,20);1H. The second kappa shape index (κ2) is 9.66. The highest BCUT2D eigenvalue weighted by Crippen LogP contribution is 2.27. The van der Waals surface area contributed by atoms with E-state index in [9.17, 15) is 4.79 Å². The fraction of sp³-hybridized carbons (Fsp3) is 0.500. The first kappa shape index (κ1) is 18.7. The minimum Gasteiger partial charge on any atom is -0.356 e. The molecule has 0 spiro atoms. The average molecular weight is 416 g/mol. The Kier molecular flexibility index (Phi) is 8.22. The molecule has 1 aromatic rings. The van der Waals surface area contributed by atoms with Crippen molar-refractivity contribution in [3.8, 4) is 0 Å². The monoisotopic (exact) mass is 416 g/mol. The number of amides is 1. The normalized spacial score (nSPS) is 14.0. The number of nitrogens with one attached hydrogen (secondary N) is 3. The Balaban J connectivity index is 0.00000242. The average Bonchev–Trinajstić information content (AvgIpc) is 3.32. The van der Waals surface area contributed by atoms with Gasteiger partial charge in [-0.3, -0.25) is 9.79 Å². The lowest BCUT2D eigenvalue weighted by Crippen LogP contribution is -2.37. The molecule has 0 aliphatic heterocycles. The maximum atomic E-state index is 11.7. The van der Waals surface area contributed by atoms with Crippen LogP contribution in [-0.4, -0.2) is 32.0 Å². The summed E-state index contributed by atoms with van der Waals surface area (Å²) in [4.78, 5) is 15.9. The molecule has 22 heavy (non-hydrogen) atoms. The molecule has 0 atom stereocenters. The zero-order chi connectivity index (χ0) is 15.1. The van der Waals surface area contributed by atoms with E-state index in [1.165, 1.54) is 12.8 Å². The summed E-state index contributed by atoms with van der Waals surface area (Å²) in [6.07, 6.45) is 2.65. The van der Waals surface area contributed by atoms with Crippen molar-refractivity contribution in [2.24, 2.45) is 10.9 Å². The topological polar surface area (TPSA) is 65.5 Å². The maximum Gasteiger partial charge on any atom is 0.251 e. The fourth-order valence-electron chi connectivity index (χ4n) is 2.01. The molecule has 0 aromatic heterocycles. The Morgan fingerprint density at radius 2 is 1.86 bits per heavy atom. The van der Waals surface area contributed by atoms with Crippen molar-refractivity contribution in [1.82, 2.24) is 16.0 Å². The van der Waals surface area contributed by atoms with E-state index < -0.39 is 0 Å². The highest BCUT2D eigenvalue weighted by Gasteiger charge is 2.20. The Morgan fingerprint density at radius 1 is 1.18 bits per heavy atom. The lowest BCUT2D eigenvalue weighted by atomic mass is 10.1. The number of hydrogen-bond acceptors (Lipinski definition) is 2. The third-order valence-electron chi connectivity index (χ3n) is 3.49. The number of rotatable bonds is 6. The van der Waals surface area contributed by atoms with Gasteiger partial charge in [-0.15, -0.1) is 24.0 Å². The van der Waals surface area contributed by atoms with E-state index in [2.05, 4.69) is 20.9 Å². The molecule has 0 radical (unpaired) electrons. The van der Waals surface area contributed by atoms with Gasteiger partial charge in [0.05, 0.1) is 0 Å². The van der Waals surface area contributed by atoms with Crippen molar-refractivity contribution in [2.45, 2.75) is 26.3 Å². The molecular weight excluding hydrogens is 391 g/mol. The molecular formula is C16H25IN4O. The van der Waals surface area contributed by atoms with Crippen LogP contribution in [0.3, 0.4) is 0 Å². The molecule has 0 bridgehead atoms. The van der Waals surface area contributed by atoms with Gasteiger partial charge < -0.3 is 16.0 Å². The molecule has 2 rings (SSSR count). The molecule has 0 heterocycles. The molecule has 1 fully saturated rings. The summed E-state index contributed by atoms with van der Waals surface area (Å²) in [5, 5.41) is 9.39. The van der Waals surface area contributed by atoms with E-state index in [0.29, 0.717) is 18.7 Å². The molecule has 1 saturated carbocycles. The summed E-state index contributed by atoms with van der Waals surface area (Å²) in [7, 11) is 1.78. The van der Waals surface area contributed by atoms with Crippen molar-refractivity contribution in [3.05, 3.63) is 35.4 Å². The van der Waals surface area contributed by atoms with Gasteiger partial charge in [0.2, 0.25) is 0 Å². The van der Waals surface area contributed by atoms with E-state index in [4.69, 9.17) is 0 Å². The summed E-state index contributed by atoms with van der Waals surface area (Å²) in [5.41, 5.74) is 1.81. The summed E-state index contributed by atoms with van der Waals surface area (Å²) >= 11 is 0. The van der Waals surface area contributed by atoms with Crippen LogP contribution in [-0.2, 0) is 6.54 Å². The molecule has 5 nitrogen and oxygen atoms in total. The van der Waals surface area contributed by atoms with Crippen LogP contribution in [0.25, 0.3) is 0 Å². The van der Waals surface area contributed by atoms with Gasteiger partial charge in [0, 0.05) is 32.2 Å². The van der Waals surface area contributed by atoms with Crippen LogP contribution in [0.5, 0.6) is 0 Å². The molecule has 3 N–H and O–H groups in total. The maximum absolute atomic E-state index is 11.7. The van der Waals surface area contributed by atoms with Gasteiger partial charge in [0.1, 0.15) is 0 Å². The molecule has 1 aliphatic carbocycles. The molecule has 1 aromatic carbocycles. The number of benzene rings is 1. The number of nitrogens with zero attached hydrogens (tertiary/aromatic N) is 1. The largest absolute Gasteiger partial charge is 0.356 e. The minimum absolute atomic E-state index is 0.